The smallest absolute Gasteiger partial charge is 0.00768 e. The summed E-state index contributed by atoms with van der Waals surface area (Å²) in [5.74, 6) is 0.740. The molecule has 0 radical (unpaired) electrons. The Hall–Kier alpha value is 0.440. The molecule has 0 aliphatic rings. The zero-order valence-corrected chi connectivity index (χ0v) is 12.7. The molecule has 0 aliphatic carbocycles. The van der Waals surface area contributed by atoms with E-state index in [1.165, 1.54) is 32.4 Å². The van der Waals surface area contributed by atoms with E-state index in [4.69, 9.17) is 0 Å². The topological polar surface area (TPSA) is 3.24 Å². The van der Waals surface area contributed by atoms with Crippen molar-refractivity contribution in [1.82, 2.24) is 4.90 Å². The lowest BCUT2D eigenvalue weighted by atomic mass is 9.82. The predicted octanol–water partition coefficient (Wildman–Crippen LogP) is 4.17. The first-order valence-electron chi connectivity index (χ1n) is 6.16. The summed E-state index contributed by atoms with van der Waals surface area (Å²) in [6.45, 7) is 11.7. The van der Waals surface area contributed by atoms with E-state index in [0.717, 1.165) is 11.2 Å². The van der Waals surface area contributed by atoms with Crippen LogP contribution in [0.5, 0.6) is 0 Å². The second-order valence-electron chi connectivity index (χ2n) is 5.69. The Morgan fingerprint density at radius 3 is 2.20 bits per heavy atom. The number of rotatable bonds is 7. The molecular formula is C13H28BrN. The molecule has 1 atom stereocenters. The highest BCUT2D eigenvalue weighted by Gasteiger charge is 2.24. The predicted molar refractivity (Wildman–Crippen MR) is 73.8 cm³/mol. The van der Waals surface area contributed by atoms with E-state index in [1.54, 1.807) is 0 Å². The van der Waals surface area contributed by atoms with Crippen molar-refractivity contribution in [3.8, 4) is 0 Å². The Kier molecular flexibility index (Phi) is 7.90. The molecule has 0 spiro atoms. The number of alkyl halides is 1. The van der Waals surface area contributed by atoms with Gasteiger partial charge >= 0.3 is 0 Å². The van der Waals surface area contributed by atoms with E-state index in [-0.39, 0.29) is 0 Å². The quantitative estimate of drug-likeness (QED) is 0.499. The lowest BCUT2D eigenvalue weighted by molar-refractivity contribution is 0.186. The van der Waals surface area contributed by atoms with Crippen LogP contribution in [0.4, 0.5) is 0 Å². The SMILES string of the molecule is CCCCCN(C)CC(CBr)C(C)(C)C. The van der Waals surface area contributed by atoms with Crippen LogP contribution in [0, 0.1) is 11.3 Å². The first-order valence-corrected chi connectivity index (χ1v) is 7.28. The number of hydrogen-bond acceptors (Lipinski definition) is 1. The van der Waals surface area contributed by atoms with Gasteiger partial charge in [-0.15, -0.1) is 0 Å². The van der Waals surface area contributed by atoms with Crippen LogP contribution < -0.4 is 0 Å². The second kappa shape index (κ2) is 7.67. The molecule has 0 saturated carbocycles. The van der Waals surface area contributed by atoms with Gasteiger partial charge in [-0.2, -0.15) is 0 Å². The molecule has 0 aliphatic heterocycles. The minimum atomic E-state index is 0.405. The molecule has 0 aromatic heterocycles. The maximum atomic E-state index is 3.64. The molecule has 1 nitrogen and oxygen atoms in total. The number of hydrogen-bond donors (Lipinski definition) is 0. The van der Waals surface area contributed by atoms with Crippen LogP contribution in [0.3, 0.4) is 0 Å². The minimum absolute atomic E-state index is 0.405. The van der Waals surface area contributed by atoms with E-state index in [9.17, 15) is 0 Å². The fourth-order valence-electron chi connectivity index (χ4n) is 1.65. The maximum Gasteiger partial charge on any atom is 0.00768 e. The highest BCUT2D eigenvalue weighted by atomic mass is 79.9. The van der Waals surface area contributed by atoms with Crippen LogP contribution in [0.1, 0.15) is 47.0 Å². The summed E-state index contributed by atoms with van der Waals surface area (Å²) in [7, 11) is 2.25. The van der Waals surface area contributed by atoms with Crippen LogP contribution in [0.25, 0.3) is 0 Å². The zero-order valence-electron chi connectivity index (χ0n) is 11.1. The molecule has 15 heavy (non-hydrogen) atoms. The Morgan fingerprint density at radius 2 is 1.80 bits per heavy atom. The summed E-state index contributed by atoms with van der Waals surface area (Å²) >= 11 is 3.64. The van der Waals surface area contributed by atoms with Gasteiger partial charge in [-0.1, -0.05) is 56.5 Å². The van der Waals surface area contributed by atoms with E-state index >= 15 is 0 Å². The van der Waals surface area contributed by atoms with Crippen molar-refractivity contribution in [1.29, 1.82) is 0 Å². The number of nitrogens with zero attached hydrogens (tertiary/aromatic N) is 1. The monoisotopic (exact) mass is 277 g/mol. The second-order valence-corrected chi connectivity index (χ2v) is 6.33. The highest BCUT2D eigenvalue weighted by Crippen LogP contribution is 2.28. The zero-order chi connectivity index (χ0) is 11.9. The van der Waals surface area contributed by atoms with Gasteiger partial charge in [0.05, 0.1) is 0 Å². The maximum absolute atomic E-state index is 3.64. The Morgan fingerprint density at radius 1 is 1.20 bits per heavy atom. The van der Waals surface area contributed by atoms with Crippen LogP contribution in [0.15, 0.2) is 0 Å². The Bertz CT molecular complexity index is 151. The highest BCUT2D eigenvalue weighted by molar-refractivity contribution is 9.09. The van der Waals surface area contributed by atoms with E-state index in [1.807, 2.05) is 0 Å². The number of halogens is 1. The van der Waals surface area contributed by atoms with Gasteiger partial charge in [-0.05, 0) is 31.3 Å². The van der Waals surface area contributed by atoms with Gasteiger partial charge in [-0.25, -0.2) is 0 Å². The molecule has 92 valence electrons. The Balaban J connectivity index is 3.86. The molecule has 0 amide bonds. The summed E-state index contributed by atoms with van der Waals surface area (Å²) < 4.78 is 0. The summed E-state index contributed by atoms with van der Waals surface area (Å²) in [5, 5.41) is 1.11. The Labute approximate surface area is 105 Å². The third-order valence-corrected chi connectivity index (χ3v) is 3.87. The molecule has 1 unspecified atom stereocenters. The molecule has 0 saturated heterocycles. The molecule has 0 heterocycles. The van der Waals surface area contributed by atoms with Crippen molar-refractivity contribution >= 4 is 15.9 Å². The van der Waals surface area contributed by atoms with Crippen molar-refractivity contribution < 1.29 is 0 Å². The van der Waals surface area contributed by atoms with Crippen molar-refractivity contribution in [3.05, 3.63) is 0 Å². The molecular weight excluding hydrogens is 250 g/mol. The first kappa shape index (κ1) is 15.4. The van der Waals surface area contributed by atoms with E-state index < -0.39 is 0 Å². The summed E-state index contributed by atoms with van der Waals surface area (Å²) in [6, 6.07) is 0. The van der Waals surface area contributed by atoms with Crippen LogP contribution in [0.2, 0.25) is 0 Å². The van der Waals surface area contributed by atoms with Gasteiger partial charge in [0.2, 0.25) is 0 Å². The fourth-order valence-corrected chi connectivity index (χ4v) is 2.83. The summed E-state index contributed by atoms with van der Waals surface area (Å²) in [6.07, 6.45) is 4.01. The van der Waals surface area contributed by atoms with Gasteiger partial charge in [0, 0.05) is 11.9 Å². The van der Waals surface area contributed by atoms with Crippen molar-refractivity contribution in [3.63, 3.8) is 0 Å². The average molecular weight is 278 g/mol. The molecule has 0 aromatic carbocycles. The fraction of sp³-hybridized carbons (Fsp3) is 1.00. The molecule has 0 fully saturated rings. The van der Waals surface area contributed by atoms with Crippen molar-refractivity contribution in [2.45, 2.75) is 47.0 Å². The molecule has 0 bridgehead atoms. The van der Waals surface area contributed by atoms with Gasteiger partial charge in [0.1, 0.15) is 0 Å². The van der Waals surface area contributed by atoms with Crippen LogP contribution >= 0.6 is 15.9 Å². The van der Waals surface area contributed by atoms with Gasteiger partial charge in [0.25, 0.3) is 0 Å². The third-order valence-electron chi connectivity index (χ3n) is 3.09. The van der Waals surface area contributed by atoms with Gasteiger partial charge in [-0.3, -0.25) is 0 Å². The van der Waals surface area contributed by atoms with Gasteiger partial charge < -0.3 is 4.90 Å². The lowest BCUT2D eigenvalue weighted by Crippen LogP contribution is -2.34. The molecule has 0 aromatic rings. The lowest BCUT2D eigenvalue weighted by Gasteiger charge is -2.32. The van der Waals surface area contributed by atoms with Gasteiger partial charge in [0.15, 0.2) is 0 Å². The van der Waals surface area contributed by atoms with E-state index in [2.05, 4.69) is 55.6 Å². The summed E-state index contributed by atoms with van der Waals surface area (Å²) in [5.41, 5.74) is 0.405. The van der Waals surface area contributed by atoms with E-state index in [0.29, 0.717) is 5.41 Å². The molecule has 0 rings (SSSR count). The average Bonchev–Trinajstić information content (AvgIpc) is 2.12. The third kappa shape index (κ3) is 7.35. The molecule has 2 heteroatoms. The first-order chi connectivity index (χ1) is 6.91. The minimum Gasteiger partial charge on any atom is -0.306 e. The number of unbranched alkanes of at least 4 members (excludes halogenated alkanes) is 2. The van der Waals surface area contributed by atoms with Crippen molar-refractivity contribution in [2.24, 2.45) is 11.3 Å². The largest absolute Gasteiger partial charge is 0.306 e. The normalized spacial score (nSPS) is 14.6. The van der Waals surface area contributed by atoms with Crippen LogP contribution in [-0.2, 0) is 0 Å². The van der Waals surface area contributed by atoms with Crippen molar-refractivity contribution in [2.75, 3.05) is 25.5 Å². The summed E-state index contributed by atoms with van der Waals surface area (Å²) in [4.78, 5) is 2.48. The standard InChI is InChI=1S/C13H28BrN/c1-6-7-8-9-15(5)11-12(10-14)13(2,3)4/h12H,6-11H2,1-5H3. The van der Waals surface area contributed by atoms with Crippen LogP contribution in [-0.4, -0.2) is 30.4 Å². The molecule has 0 N–H and O–H groups in total.